The second-order valence-electron chi connectivity index (χ2n) is 8.70. The van der Waals surface area contributed by atoms with E-state index in [1.807, 2.05) is 23.1 Å². The molecule has 3 rings (SSSR count). The number of methoxy groups -OCH3 is 1. The van der Waals surface area contributed by atoms with E-state index in [1.165, 1.54) is 5.56 Å². The SMILES string of the molecule is COCCNc1nc(N(CC(C)O)CC(C)O)c(C#N)c2c1CN(Cc1ccccc1)CC2. The molecule has 33 heavy (non-hydrogen) atoms. The topological polar surface area (TPSA) is 105 Å². The van der Waals surface area contributed by atoms with Gasteiger partial charge in [-0.2, -0.15) is 5.26 Å². The molecule has 0 saturated carbocycles. The molecule has 2 heterocycles. The van der Waals surface area contributed by atoms with Crippen LogP contribution in [0.1, 0.15) is 36.1 Å². The Morgan fingerprint density at radius 3 is 2.48 bits per heavy atom. The van der Waals surface area contributed by atoms with E-state index in [1.54, 1.807) is 21.0 Å². The molecular weight excluding hydrogens is 418 g/mol. The van der Waals surface area contributed by atoms with Gasteiger partial charge in [0.05, 0.1) is 24.4 Å². The van der Waals surface area contributed by atoms with Crippen LogP contribution in [0.2, 0.25) is 0 Å². The zero-order chi connectivity index (χ0) is 23.8. The number of anilines is 2. The standard InChI is InChI=1S/C25H35N5O3/c1-18(31)14-30(15-19(2)32)25-22(13-26)21-9-11-29(16-20-7-5-4-6-8-20)17-23(21)24(28-25)27-10-12-33-3/h4-8,18-19,31-32H,9-12,14-17H2,1-3H3,(H,27,28). The molecular formula is C25H35N5O3. The summed E-state index contributed by atoms with van der Waals surface area (Å²) in [7, 11) is 1.66. The molecule has 2 aromatic rings. The predicted octanol–water partition coefficient (Wildman–Crippen LogP) is 2.14. The van der Waals surface area contributed by atoms with Crippen molar-refractivity contribution in [2.75, 3.05) is 50.1 Å². The Balaban J connectivity index is 2.00. The highest BCUT2D eigenvalue weighted by Gasteiger charge is 2.28. The first-order chi connectivity index (χ1) is 15.9. The number of ether oxygens (including phenoxy) is 1. The third-order valence-corrected chi connectivity index (χ3v) is 5.68. The van der Waals surface area contributed by atoms with Crippen LogP contribution in [0.3, 0.4) is 0 Å². The summed E-state index contributed by atoms with van der Waals surface area (Å²) >= 11 is 0. The van der Waals surface area contributed by atoms with Crippen LogP contribution in [0.25, 0.3) is 0 Å². The molecule has 0 fully saturated rings. The van der Waals surface area contributed by atoms with Crippen molar-refractivity contribution >= 4 is 11.6 Å². The Morgan fingerprint density at radius 2 is 1.88 bits per heavy atom. The van der Waals surface area contributed by atoms with Gasteiger partial charge in [-0.15, -0.1) is 0 Å². The summed E-state index contributed by atoms with van der Waals surface area (Å²) in [5, 5.41) is 33.6. The van der Waals surface area contributed by atoms with Crippen LogP contribution in [0.15, 0.2) is 30.3 Å². The van der Waals surface area contributed by atoms with Crippen LogP contribution >= 0.6 is 0 Å². The van der Waals surface area contributed by atoms with E-state index in [9.17, 15) is 15.5 Å². The zero-order valence-electron chi connectivity index (χ0n) is 19.8. The fourth-order valence-electron chi connectivity index (χ4n) is 4.30. The van der Waals surface area contributed by atoms with Crippen LogP contribution in [0.5, 0.6) is 0 Å². The van der Waals surface area contributed by atoms with E-state index in [-0.39, 0.29) is 13.1 Å². The quantitative estimate of drug-likeness (QED) is 0.445. The number of rotatable bonds is 11. The highest BCUT2D eigenvalue weighted by molar-refractivity contribution is 5.67. The Morgan fingerprint density at radius 1 is 1.18 bits per heavy atom. The molecule has 8 nitrogen and oxygen atoms in total. The first-order valence-corrected chi connectivity index (χ1v) is 11.5. The summed E-state index contributed by atoms with van der Waals surface area (Å²) in [6.07, 6.45) is -0.518. The largest absolute Gasteiger partial charge is 0.392 e. The van der Waals surface area contributed by atoms with Gasteiger partial charge in [0.2, 0.25) is 0 Å². The molecule has 3 N–H and O–H groups in total. The average Bonchev–Trinajstić information content (AvgIpc) is 2.78. The van der Waals surface area contributed by atoms with Crippen molar-refractivity contribution in [3.8, 4) is 6.07 Å². The molecule has 1 aliphatic rings. The van der Waals surface area contributed by atoms with E-state index in [0.29, 0.717) is 31.1 Å². The molecule has 0 spiro atoms. The Kier molecular flexibility index (Phi) is 9.03. The van der Waals surface area contributed by atoms with Gasteiger partial charge in [-0.05, 0) is 31.4 Å². The molecule has 2 atom stereocenters. The number of aromatic nitrogens is 1. The minimum absolute atomic E-state index is 0.281. The zero-order valence-corrected chi connectivity index (χ0v) is 19.8. The molecule has 0 bridgehead atoms. The summed E-state index contributed by atoms with van der Waals surface area (Å²) in [6.45, 7) is 7.43. The van der Waals surface area contributed by atoms with Gasteiger partial charge < -0.3 is 25.2 Å². The Labute approximate surface area is 196 Å². The van der Waals surface area contributed by atoms with Crippen molar-refractivity contribution in [3.05, 3.63) is 52.6 Å². The van der Waals surface area contributed by atoms with Gasteiger partial charge in [-0.1, -0.05) is 30.3 Å². The fraction of sp³-hybridized carbons (Fsp3) is 0.520. The smallest absolute Gasteiger partial charge is 0.149 e. The van der Waals surface area contributed by atoms with E-state index in [2.05, 4.69) is 28.4 Å². The number of nitrogens with zero attached hydrogens (tertiary/aromatic N) is 4. The number of pyridine rings is 1. The summed E-state index contributed by atoms with van der Waals surface area (Å²) in [4.78, 5) is 9.04. The van der Waals surface area contributed by atoms with Crippen LogP contribution in [0.4, 0.5) is 11.6 Å². The maximum Gasteiger partial charge on any atom is 0.149 e. The summed E-state index contributed by atoms with van der Waals surface area (Å²) in [5.41, 5.74) is 3.80. The van der Waals surface area contributed by atoms with Crippen LogP contribution < -0.4 is 10.2 Å². The van der Waals surface area contributed by atoms with Crippen molar-refractivity contribution in [1.29, 1.82) is 5.26 Å². The molecule has 0 saturated heterocycles. The summed E-state index contributed by atoms with van der Waals surface area (Å²) < 4.78 is 5.21. The van der Waals surface area contributed by atoms with Crippen molar-refractivity contribution < 1.29 is 14.9 Å². The van der Waals surface area contributed by atoms with Crippen molar-refractivity contribution in [3.63, 3.8) is 0 Å². The van der Waals surface area contributed by atoms with Gasteiger partial charge in [0, 0.05) is 51.9 Å². The highest BCUT2D eigenvalue weighted by atomic mass is 16.5. The third kappa shape index (κ3) is 6.65. The minimum Gasteiger partial charge on any atom is -0.392 e. The number of nitrogens with one attached hydrogen (secondary N) is 1. The van der Waals surface area contributed by atoms with Crippen molar-refractivity contribution in [2.45, 2.75) is 45.6 Å². The maximum atomic E-state index is 10.1. The Bertz CT molecular complexity index is 933. The normalized spacial score (nSPS) is 15.4. The molecule has 2 unspecified atom stereocenters. The van der Waals surface area contributed by atoms with Gasteiger partial charge in [0.1, 0.15) is 17.7 Å². The predicted molar refractivity (Wildman–Crippen MR) is 129 cm³/mol. The molecule has 1 aromatic carbocycles. The lowest BCUT2D eigenvalue weighted by Crippen LogP contribution is -2.39. The highest BCUT2D eigenvalue weighted by Crippen LogP contribution is 2.34. The number of aliphatic hydroxyl groups excluding tert-OH is 2. The third-order valence-electron chi connectivity index (χ3n) is 5.68. The van der Waals surface area contributed by atoms with Gasteiger partial charge >= 0.3 is 0 Å². The number of benzene rings is 1. The van der Waals surface area contributed by atoms with Crippen molar-refractivity contribution in [1.82, 2.24) is 9.88 Å². The second-order valence-corrected chi connectivity index (χ2v) is 8.70. The van der Waals surface area contributed by atoms with Crippen LogP contribution in [-0.4, -0.2) is 72.2 Å². The Hall–Kier alpha value is -2.70. The maximum absolute atomic E-state index is 10.1. The fourth-order valence-corrected chi connectivity index (χ4v) is 4.30. The lowest BCUT2D eigenvalue weighted by atomic mass is 9.94. The number of nitriles is 1. The van der Waals surface area contributed by atoms with E-state index in [0.717, 1.165) is 36.5 Å². The lowest BCUT2D eigenvalue weighted by Gasteiger charge is -2.34. The van der Waals surface area contributed by atoms with E-state index < -0.39 is 12.2 Å². The molecule has 1 aromatic heterocycles. The number of fused-ring (bicyclic) bond motifs is 1. The molecule has 0 amide bonds. The van der Waals surface area contributed by atoms with E-state index in [4.69, 9.17) is 9.72 Å². The molecule has 1 aliphatic heterocycles. The monoisotopic (exact) mass is 453 g/mol. The second kappa shape index (κ2) is 12.0. The summed E-state index contributed by atoms with van der Waals surface area (Å²) in [6, 6.07) is 12.7. The van der Waals surface area contributed by atoms with Crippen LogP contribution in [-0.2, 0) is 24.2 Å². The van der Waals surface area contributed by atoms with Gasteiger partial charge in [0.15, 0.2) is 0 Å². The van der Waals surface area contributed by atoms with Crippen LogP contribution in [0, 0.1) is 11.3 Å². The van der Waals surface area contributed by atoms with Gasteiger partial charge in [-0.3, -0.25) is 4.90 Å². The van der Waals surface area contributed by atoms with Gasteiger partial charge in [0.25, 0.3) is 0 Å². The summed E-state index contributed by atoms with van der Waals surface area (Å²) in [5.74, 6) is 1.24. The minimum atomic E-state index is -0.626. The number of hydrogen-bond donors (Lipinski definition) is 3. The number of aliphatic hydroxyl groups is 2. The molecule has 0 aliphatic carbocycles. The molecule has 178 valence electrons. The van der Waals surface area contributed by atoms with E-state index >= 15 is 0 Å². The molecule has 8 heteroatoms. The number of hydrogen-bond acceptors (Lipinski definition) is 8. The van der Waals surface area contributed by atoms with Crippen molar-refractivity contribution in [2.24, 2.45) is 0 Å². The lowest BCUT2D eigenvalue weighted by molar-refractivity contribution is 0.177. The first-order valence-electron chi connectivity index (χ1n) is 11.5. The van der Waals surface area contributed by atoms with Gasteiger partial charge in [-0.25, -0.2) is 4.98 Å². The average molecular weight is 454 g/mol. The first kappa shape index (κ1) is 24.9. The molecule has 0 radical (unpaired) electrons.